The summed E-state index contributed by atoms with van der Waals surface area (Å²) >= 11 is 5.06. The Labute approximate surface area is 173 Å². The van der Waals surface area contributed by atoms with Gasteiger partial charge in [0.05, 0.1) is 0 Å². The Morgan fingerprint density at radius 3 is 1.00 bits per heavy atom. The van der Waals surface area contributed by atoms with Gasteiger partial charge in [0.15, 0.2) is 0 Å². The van der Waals surface area contributed by atoms with Crippen LogP contribution in [-0.2, 0) is 25.7 Å². The van der Waals surface area contributed by atoms with E-state index < -0.39 is 0 Å². The van der Waals surface area contributed by atoms with Gasteiger partial charge in [0.2, 0.25) is 0 Å². The summed E-state index contributed by atoms with van der Waals surface area (Å²) in [5, 5.41) is 0. The molecular weight excluding hydrogens is 585 g/mol. The minimum atomic E-state index is 0.0429. The fourth-order valence-corrected chi connectivity index (χ4v) is 1.78. The van der Waals surface area contributed by atoms with E-state index in [0.29, 0.717) is 0 Å². The first kappa shape index (κ1) is 23.8. The van der Waals surface area contributed by atoms with Crippen molar-refractivity contribution in [2.45, 2.75) is 38.5 Å². The van der Waals surface area contributed by atoms with Crippen molar-refractivity contribution in [3.8, 4) is 0 Å². The van der Waals surface area contributed by atoms with Crippen molar-refractivity contribution >= 4 is 36.1 Å². The summed E-state index contributed by atoms with van der Waals surface area (Å²) in [6, 6.07) is 20.6. The number of hydrogen-bond acceptors (Lipinski definition) is 0. The van der Waals surface area contributed by atoms with Crippen molar-refractivity contribution in [1.29, 1.82) is 0 Å². The third-order valence-corrected chi connectivity index (χ3v) is 3.11. The van der Waals surface area contributed by atoms with Crippen LogP contribution in [0.4, 0.5) is 0 Å². The quantitative estimate of drug-likeness (QED) is 0.246. The molecule has 23 heavy (non-hydrogen) atoms. The average molecular weight is 611 g/mol. The summed E-state index contributed by atoms with van der Waals surface area (Å²) in [4.78, 5) is 0. The summed E-state index contributed by atoms with van der Waals surface area (Å²) < 4.78 is 0. The van der Waals surface area contributed by atoms with E-state index in [2.05, 4.69) is 102 Å². The summed E-state index contributed by atoms with van der Waals surface area (Å²) in [6.45, 7) is 16.5. The molecule has 2 aromatic carbocycles. The third kappa shape index (κ3) is 11.9. The molecule has 0 N–H and O–H groups in total. The zero-order chi connectivity index (χ0) is 17.9. The minimum absolute atomic E-state index is 0.0429. The van der Waals surface area contributed by atoms with Gasteiger partial charge in [0.25, 0.3) is 0 Å². The standard InChI is InChI=1S/2C10H13.2HI.Zr/c2*1-10(2,3)9-7-5-4-6-8-9;;;/h2*4-8H,1H2,2-3H3;2*1H;/q2*-1;;;+4/p-2. The maximum atomic E-state index is 4.04. The zero-order valence-corrected chi connectivity index (χ0v) is 21.2. The molecule has 0 unspecified atom stereocenters. The Morgan fingerprint density at radius 2 is 0.870 bits per heavy atom. The van der Waals surface area contributed by atoms with Crippen LogP contribution in [0.5, 0.6) is 0 Å². The molecule has 0 aliphatic carbocycles. The Hall–Kier alpha value is 0.783. The fraction of sp³-hybridized carbons (Fsp3) is 0.300. The Morgan fingerprint density at radius 1 is 0.652 bits per heavy atom. The topological polar surface area (TPSA) is 0 Å². The van der Waals surface area contributed by atoms with E-state index in [0.717, 1.165) is 0 Å². The summed E-state index contributed by atoms with van der Waals surface area (Å²) in [5.41, 5.74) is 2.66. The summed E-state index contributed by atoms with van der Waals surface area (Å²) in [5.74, 6) is 0. The molecule has 0 aliphatic heterocycles. The van der Waals surface area contributed by atoms with Gasteiger partial charge < -0.3 is 13.8 Å². The van der Waals surface area contributed by atoms with Crippen molar-refractivity contribution in [1.82, 2.24) is 0 Å². The van der Waals surface area contributed by atoms with E-state index in [1.165, 1.54) is 11.1 Å². The van der Waals surface area contributed by atoms with Gasteiger partial charge in [-0.1, -0.05) is 99.5 Å². The zero-order valence-electron chi connectivity index (χ0n) is 14.4. The molecule has 0 bridgehead atoms. The maximum absolute atomic E-state index is 4.04. The number of rotatable bonds is 2. The molecule has 0 amide bonds. The van der Waals surface area contributed by atoms with Gasteiger partial charge >= 0.3 is 50.9 Å². The van der Waals surface area contributed by atoms with Crippen molar-refractivity contribution in [2.75, 3.05) is 0 Å². The Bertz CT molecular complexity index is 461. The summed E-state index contributed by atoms with van der Waals surface area (Å²) in [7, 11) is 0. The van der Waals surface area contributed by atoms with Crippen LogP contribution in [0.3, 0.4) is 0 Å². The molecule has 0 atom stereocenters. The van der Waals surface area contributed by atoms with Gasteiger partial charge in [-0.15, -0.1) is 10.8 Å². The predicted octanol–water partition coefficient (Wildman–Crippen LogP) is 7.37. The third-order valence-electron chi connectivity index (χ3n) is 3.11. The predicted molar refractivity (Wildman–Crippen MR) is 118 cm³/mol. The van der Waals surface area contributed by atoms with Gasteiger partial charge in [0, 0.05) is 0 Å². The van der Waals surface area contributed by atoms with Crippen molar-refractivity contribution in [2.24, 2.45) is 0 Å². The van der Waals surface area contributed by atoms with E-state index >= 15 is 0 Å². The first-order valence-corrected chi connectivity index (χ1v) is 22.0. The fourth-order valence-electron chi connectivity index (χ4n) is 1.78. The van der Waals surface area contributed by atoms with Crippen LogP contribution in [0.15, 0.2) is 60.7 Å². The second-order valence-corrected chi connectivity index (χ2v) is 25.5. The second kappa shape index (κ2) is 12.2. The molecule has 124 valence electrons. The molecule has 0 aliphatic rings. The molecule has 2 rings (SSSR count). The second-order valence-electron chi connectivity index (χ2n) is 6.57. The van der Waals surface area contributed by atoms with Crippen LogP contribution in [0.25, 0.3) is 0 Å². The van der Waals surface area contributed by atoms with Gasteiger partial charge in [-0.25, -0.2) is 0 Å². The van der Waals surface area contributed by atoms with E-state index in [-0.39, 0.29) is 25.7 Å². The van der Waals surface area contributed by atoms with Crippen LogP contribution in [0.2, 0.25) is 0 Å². The van der Waals surface area contributed by atoms with Crippen LogP contribution in [-0.4, -0.2) is 0 Å². The SMILES string of the molecule is [CH2-]C(C)(C)c1ccccc1.[CH2-]C(C)(C)c1ccccc1.[I][Zr+2][I]. The van der Waals surface area contributed by atoms with Crippen LogP contribution in [0, 0.1) is 13.8 Å². The normalized spacial score (nSPS) is 10.4. The number of halogens is 2. The Balaban J connectivity index is 0.000000360. The van der Waals surface area contributed by atoms with Crippen molar-refractivity contribution in [3.63, 3.8) is 0 Å². The molecule has 0 aromatic heterocycles. The van der Waals surface area contributed by atoms with E-state index in [1.807, 2.05) is 36.4 Å². The van der Waals surface area contributed by atoms with Crippen LogP contribution in [0.1, 0.15) is 38.8 Å². The molecule has 0 nitrogen and oxygen atoms in total. The molecule has 0 fully saturated rings. The number of hydrogen-bond donors (Lipinski definition) is 0. The summed E-state index contributed by atoms with van der Waals surface area (Å²) in [6.07, 6.45) is 0. The Kier molecular flexibility index (Phi) is 12.6. The van der Waals surface area contributed by atoms with Crippen molar-refractivity contribution < 1.29 is 14.9 Å². The average Bonchev–Trinajstić information content (AvgIpc) is 2.49. The first-order valence-electron chi connectivity index (χ1n) is 7.41. The first-order chi connectivity index (χ1) is 10.6. The van der Waals surface area contributed by atoms with Crippen molar-refractivity contribution in [3.05, 3.63) is 85.6 Å². The molecular formula is C20H26I2Zr. The molecule has 2 aromatic rings. The van der Waals surface area contributed by atoms with E-state index in [4.69, 9.17) is 0 Å². The van der Waals surface area contributed by atoms with E-state index in [9.17, 15) is 0 Å². The van der Waals surface area contributed by atoms with Crippen LogP contribution < -0.4 is 0 Å². The molecule has 0 heterocycles. The van der Waals surface area contributed by atoms with Gasteiger partial charge in [-0.05, 0) is 0 Å². The molecule has 0 saturated carbocycles. The van der Waals surface area contributed by atoms with Crippen LogP contribution >= 0.6 is 36.1 Å². The van der Waals surface area contributed by atoms with Gasteiger partial charge in [0.1, 0.15) is 0 Å². The molecule has 3 heteroatoms. The molecule has 0 radical (unpaired) electrons. The molecule has 0 spiro atoms. The molecule has 0 saturated heterocycles. The van der Waals surface area contributed by atoms with E-state index in [1.54, 1.807) is 0 Å². The van der Waals surface area contributed by atoms with Gasteiger partial charge in [-0.2, -0.15) is 0 Å². The van der Waals surface area contributed by atoms with Gasteiger partial charge in [-0.3, -0.25) is 0 Å². The monoisotopic (exact) mass is 610 g/mol. The number of benzene rings is 2.